The third-order valence-electron chi connectivity index (χ3n) is 4.73. The largest absolute Gasteiger partial charge is 0.461 e. The van der Waals surface area contributed by atoms with E-state index in [0.717, 1.165) is 5.56 Å². The van der Waals surface area contributed by atoms with Crippen LogP contribution in [0.1, 0.15) is 38.2 Å². The number of benzene rings is 1. The lowest BCUT2D eigenvalue weighted by atomic mass is 9.98. The molecule has 7 nitrogen and oxygen atoms in total. The number of hydrogen-bond acceptors (Lipinski definition) is 5. The fourth-order valence-corrected chi connectivity index (χ4v) is 3.13. The van der Waals surface area contributed by atoms with E-state index < -0.39 is 12.0 Å². The molecule has 0 saturated carbocycles. The van der Waals surface area contributed by atoms with E-state index in [9.17, 15) is 19.5 Å². The molecular formula is C22H30N2O5. The van der Waals surface area contributed by atoms with Crippen LogP contribution in [0.2, 0.25) is 0 Å². The second-order valence-electron chi connectivity index (χ2n) is 7.22. The third-order valence-corrected chi connectivity index (χ3v) is 4.73. The normalized spacial score (nSPS) is 20.8. The molecule has 2 N–H and O–H groups in total. The molecule has 7 heteroatoms. The molecule has 1 aliphatic heterocycles. The summed E-state index contributed by atoms with van der Waals surface area (Å²) in [5.74, 6) is -1.22. The molecule has 0 unspecified atom stereocenters. The number of aliphatic hydroxyl groups excluding tert-OH is 1. The average Bonchev–Trinajstić information content (AvgIpc) is 2.70. The zero-order valence-electron chi connectivity index (χ0n) is 16.9. The molecule has 1 aromatic rings. The van der Waals surface area contributed by atoms with Crippen LogP contribution in [-0.4, -0.2) is 53.6 Å². The van der Waals surface area contributed by atoms with Crippen molar-refractivity contribution in [3.63, 3.8) is 0 Å². The highest BCUT2D eigenvalue weighted by Crippen LogP contribution is 2.15. The highest BCUT2D eigenvalue weighted by atomic mass is 16.5. The molecule has 0 fully saturated rings. The van der Waals surface area contributed by atoms with Crippen molar-refractivity contribution in [3.8, 4) is 0 Å². The molecule has 0 aliphatic carbocycles. The summed E-state index contributed by atoms with van der Waals surface area (Å²) in [5, 5.41) is 12.1. The third kappa shape index (κ3) is 8.07. The molecule has 0 aromatic heterocycles. The van der Waals surface area contributed by atoms with Crippen molar-refractivity contribution >= 4 is 17.8 Å². The lowest BCUT2D eigenvalue weighted by Crippen LogP contribution is -2.40. The van der Waals surface area contributed by atoms with Crippen LogP contribution in [0, 0.1) is 5.92 Å². The summed E-state index contributed by atoms with van der Waals surface area (Å²) in [4.78, 5) is 38.7. The van der Waals surface area contributed by atoms with Crippen molar-refractivity contribution in [1.29, 1.82) is 0 Å². The number of nitrogens with zero attached hydrogens (tertiary/aromatic N) is 1. The number of allylic oxidation sites excluding steroid dienone is 2. The molecule has 0 bridgehead atoms. The molecule has 2 rings (SSSR count). The number of hydrogen-bond donors (Lipinski definition) is 2. The summed E-state index contributed by atoms with van der Waals surface area (Å²) in [7, 11) is 0. The van der Waals surface area contributed by atoms with Gasteiger partial charge in [0.1, 0.15) is 6.10 Å². The van der Waals surface area contributed by atoms with Crippen LogP contribution in [0.4, 0.5) is 0 Å². The Morgan fingerprint density at radius 3 is 2.72 bits per heavy atom. The number of nitrogens with one attached hydrogen (secondary N) is 1. The highest BCUT2D eigenvalue weighted by molar-refractivity contribution is 5.86. The predicted octanol–water partition coefficient (Wildman–Crippen LogP) is 1.80. The number of esters is 1. The van der Waals surface area contributed by atoms with Gasteiger partial charge in [0.2, 0.25) is 11.8 Å². The number of carbonyl (C=O) groups is 3. The number of rotatable bonds is 6. The van der Waals surface area contributed by atoms with Crippen LogP contribution >= 0.6 is 0 Å². The first-order chi connectivity index (χ1) is 14.0. The van der Waals surface area contributed by atoms with Gasteiger partial charge in [0.25, 0.3) is 0 Å². The van der Waals surface area contributed by atoms with Gasteiger partial charge < -0.3 is 20.1 Å². The summed E-state index contributed by atoms with van der Waals surface area (Å²) in [6.45, 7) is 2.40. The first-order valence-corrected chi connectivity index (χ1v) is 10.0. The van der Waals surface area contributed by atoms with Gasteiger partial charge in [0, 0.05) is 25.9 Å². The van der Waals surface area contributed by atoms with Crippen molar-refractivity contribution < 1.29 is 24.2 Å². The number of carbonyl (C=O) groups excluding carboxylic acids is 3. The number of ether oxygens (including phenoxy) is 1. The number of aliphatic hydroxyl groups is 1. The highest BCUT2D eigenvalue weighted by Gasteiger charge is 2.25. The first-order valence-electron chi connectivity index (χ1n) is 10.0. The lowest BCUT2D eigenvalue weighted by molar-refractivity contribution is -0.148. The summed E-state index contributed by atoms with van der Waals surface area (Å²) in [5.41, 5.74) is 0.966. The Morgan fingerprint density at radius 2 is 2.00 bits per heavy atom. The van der Waals surface area contributed by atoms with Gasteiger partial charge in [-0.25, -0.2) is 0 Å². The number of cyclic esters (lactones) is 1. The van der Waals surface area contributed by atoms with Gasteiger partial charge in [-0.15, -0.1) is 0 Å². The van der Waals surface area contributed by atoms with Crippen LogP contribution in [0.25, 0.3) is 0 Å². The molecular weight excluding hydrogens is 372 g/mol. The van der Waals surface area contributed by atoms with E-state index >= 15 is 0 Å². The van der Waals surface area contributed by atoms with E-state index in [4.69, 9.17) is 4.74 Å². The maximum atomic E-state index is 12.9. The Morgan fingerprint density at radius 1 is 1.24 bits per heavy atom. The van der Waals surface area contributed by atoms with E-state index in [-0.39, 0.29) is 43.9 Å². The maximum Gasteiger partial charge on any atom is 0.306 e. The van der Waals surface area contributed by atoms with Gasteiger partial charge in [0.05, 0.1) is 19.1 Å². The Balaban J connectivity index is 2.05. The molecule has 0 saturated heterocycles. The van der Waals surface area contributed by atoms with E-state index in [1.807, 2.05) is 42.5 Å². The fraction of sp³-hybridized carbons (Fsp3) is 0.500. The standard InChI is InChI=1S/C22H30N2O5/c1-17-15-23-22(28)19(10-6-3-7-11-21(27)29-17)14-20(26)24(12-13-25)16-18-8-4-2-5-9-18/h2-6,8-9,17,19,25H,7,10-16H2,1H3,(H,23,28)/t17-,19+/m0/s1. The Bertz CT molecular complexity index is 704. The Labute approximate surface area is 171 Å². The van der Waals surface area contributed by atoms with E-state index in [0.29, 0.717) is 25.8 Å². The van der Waals surface area contributed by atoms with Gasteiger partial charge in [-0.1, -0.05) is 42.5 Å². The molecule has 1 aliphatic rings. The predicted molar refractivity (Wildman–Crippen MR) is 109 cm³/mol. The molecule has 2 atom stereocenters. The Hall–Kier alpha value is -2.67. The fourth-order valence-electron chi connectivity index (χ4n) is 3.13. The quantitative estimate of drug-likeness (QED) is 0.559. The Kier molecular flexibility index (Phi) is 9.37. The topological polar surface area (TPSA) is 95.9 Å². The summed E-state index contributed by atoms with van der Waals surface area (Å²) in [6.07, 6.45) is 4.56. The molecule has 158 valence electrons. The second-order valence-corrected chi connectivity index (χ2v) is 7.22. The maximum absolute atomic E-state index is 12.9. The molecule has 1 aromatic carbocycles. The van der Waals surface area contributed by atoms with E-state index in [1.165, 1.54) is 0 Å². The summed E-state index contributed by atoms with van der Waals surface area (Å²) in [6, 6.07) is 9.55. The van der Waals surface area contributed by atoms with Crippen molar-refractivity contribution in [3.05, 3.63) is 48.0 Å². The van der Waals surface area contributed by atoms with Crippen LogP contribution in [0.15, 0.2) is 42.5 Å². The van der Waals surface area contributed by atoms with Crippen molar-refractivity contribution in [2.45, 2.75) is 45.3 Å². The van der Waals surface area contributed by atoms with Gasteiger partial charge >= 0.3 is 5.97 Å². The zero-order valence-corrected chi connectivity index (χ0v) is 16.9. The van der Waals surface area contributed by atoms with Crippen LogP contribution in [0.5, 0.6) is 0 Å². The molecule has 29 heavy (non-hydrogen) atoms. The minimum Gasteiger partial charge on any atom is -0.461 e. The second kappa shape index (κ2) is 12.0. The molecule has 1 heterocycles. The van der Waals surface area contributed by atoms with Crippen LogP contribution in [0.3, 0.4) is 0 Å². The van der Waals surface area contributed by atoms with Crippen molar-refractivity contribution in [2.24, 2.45) is 5.92 Å². The summed E-state index contributed by atoms with van der Waals surface area (Å²) >= 11 is 0. The summed E-state index contributed by atoms with van der Waals surface area (Å²) < 4.78 is 5.23. The molecule has 2 amide bonds. The van der Waals surface area contributed by atoms with Gasteiger partial charge in [-0.2, -0.15) is 0 Å². The number of amides is 2. The van der Waals surface area contributed by atoms with Gasteiger partial charge in [-0.3, -0.25) is 14.4 Å². The van der Waals surface area contributed by atoms with Crippen LogP contribution in [-0.2, 0) is 25.7 Å². The van der Waals surface area contributed by atoms with Crippen molar-refractivity contribution in [1.82, 2.24) is 10.2 Å². The lowest BCUT2D eigenvalue weighted by Gasteiger charge is -2.25. The average molecular weight is 402 g/mol. The molecule has 0 spiro atoms. The minimum absolute atomic E-state index is 0.0528. The van der Waals surface area contributed by atoms with Gasteiger partial charge in [0.15, 0.2) is 0 Å². The first kappa shape index (κ1) is 22.6. The molecule has 0 radical (unpaired) electrons. The van der Waals surface area contributed by atoms with Crippen LogP contribution < -0.4 is 5.32 Å². The SMILES string of the molecule is C[C@H]1CNC(=O)[C@@H](CC(=O)N(CCO)Cc2ccccc2)CC=CCCC(=O)O1. The van der Waals surface area contributed by atoms with E-state index in [2.05, 4.69) is 5.32 Å². The zero-order chi connectivity index (χ0) is 21.1. The smallest absolute Gasteiger partial charge is 0.306 e. The monoisotopic (exact) mass is 402 g/mol. The van der Waals surface area contributed by atoms with Gasteiger partial charge in [-0.05, 0) is 25.3 Å². The minimum atomic E-state index is -0.516. The van der Waals surface area contributed by atoms with E-state index in [1.54, 1.807) is 11.8 Å². The van der Waals surface area contributed by atoms with Crippen molar-refractivity contribution in [2.75, 3.05) is 19.7 Å².